The molecule has 0 amide bonds. The lowest BCUT2D eigenvalue weighted by Gasteiger charge is -2.06. The first-order valence-electron chi connectivity index (χ1n) is 3.62. The van der Waals surface area contributed by atoms with Gasteiger partial charge in [0.15, 0.2) is 0 Å². The predicted octanol–water partition coefficient (Wildman–Crippen LogP) is -1.09. The van der Waals surface area contributed by atoms with E-state index in [0.717, 1.165) is 0 Å². The molecule has 0 aromatic carbocycles. The van der Waals surface area contributed by atoms with Crippen molar-refractivity contribution < 1.29 is 14.7 Å². The first-order chi connectivity index (χ1) is 5.68. The fourth-order valence-corrected chi connectivity index (χ4v) is 1.32. The fraction of sp³-hybridized carbons (Fsp3) is 0.250. The average molecular weight is 165 g/mol. The Morgan fingerprint density at radius 3 is 2.75 bits per heavy atom. The third kappa shape index (κ3) is 0.887. The van der Waals surface area contributed by atoms with Crippen LogP contribution in [0.1, 0.15) is 0 Å². The van der Waals surface area contributed by atoms with Crippen molar-refractivity contribution in [3.05, 3.63) is 23.4 Å². The molecule has 1 saturated heterocycles. The van der Waals surface area contributed by atoms with Crippen LogP contribution in [0.4, 0.5) is 0 Å². The smallest absolute Gasteiger partial charge is 0.227 e. The molecule has 0 radical (unpaired) electrons. The van der Waals surface area contributed by atoms with Crippen molar-refractivity contribution in [2.24, 2.45) is 0 Å². The Bertz CT molecular complexity index is 327. The van der Waals surface area contributed by atoms with Crippen LogP contribution in [0.25, 0.3) is 0 Å². The van der Waals surface area contributed by atoms with Gasteiger partial charge in [0.05, 0.1) is 6.10 Å². The first kappa shape index (κ1) is 7.24. The van der Waals surface area contributed by atoms with Crippen molar-refractivity contribution in [3.63, 3.8) is 0 Å². The minimum Gasteiger partial charge on any atom is -0.386 e. The van der Waals surface area contributed by atoms with Gasteiger partial charge >= 0.3 is 0 Å². The number of nitrogens with one attached hydrogen (secondary N) is 1. The van der Waals surface area contributed by atoms with Gasteiger partial charge in [-0.05, 0) is 6.08 Å². The van der Waals surface area contributed by atoms with E-state index in [1.165, 1.54) is 12.2 Å². The lowest BCUT2D eigenvalue weighted by molar-refractivity contribution is -0.131. The third-order valence-corrected chi connectivity index (χ3v) is 1.96. The largest absolute Gasteiger partial charge is 0.386 e. The highest BCUT2D eigenvalue weighted by molar-refractivity contribution is 6.46. The van der Waals surface area contributed by atoms with Crippen molar-refractivity contribution >= 4 is 11.6 Å². The van der Waals surface area contributed by atoms with Crippen LogP contribution in [-0.4, -0.2) is 29.3 Å². The van der Waals surface area contributed by atoms with E-state index < -0.39 is 17.7 Å². The molecule has 0 aromatic heterocycles. The van der Waals surface area contributed by atoms with Gasteiger partial charge in [0.25, 0.3) is 0 Å². The standard InChI is InChI=1S/C8H7NO3/c10-6-1-4-5(2-7(6)11)9-3-8(4)12/h1-2,8-9,12H,3H2. The summed E-state index contributed by atoms with van der Waals surface area (Å²) in [7, 11) is 0. The summed E-state index contributed by atoms with van der Waals surface area (Å²) in [6.45, 7) is 0.373. The van der Waals surface area contributed by atoms with Crippen LogP contribution < -0.4 is 5.32 Å². The zero-order valence-corrected chi connectivity index (χ0v) is 6.20. The van der Waals surface area contributed by atoms with Crippen LogP contribution in [0.3, 0.4) is 0 Å². The van der Waals surface area contributed by atoms with Crippen LogP contribution >= 0.6 is 0 Å². The second kappa shape index (κ2) is 2.28. The van der Waals surface area contributed by atoms with E-state index in [0.29, 0.717) is 17.8 Å². The molecule has 1 fully saturated rings. The van der Waals surface area contributed by atoms with Gasteiger partial charge in [0, 0.05) is 23.9 Å². The summed E-state index contributed by atoms with van der Waals surface area (Å²) >= 11 is 0. The Hall–Kier alpha value is -1.42. The van der Waals surface area contributed by atoms with E-state index in [2.05, 4.69) is 5.32 Å². The topological polar surface area (TPSA) is 66.4 Å². The lowest BCUT2D eigenvalue weighted by atomic mass is 10.0. The van der Waals surface area contributed by atoms with Crippen LogP contribution in [0.2, 0.25) is 0 Å². The van der Waals surface area contributed by atoms with E-state index in [9.17, 15) is 14.7 Å². The molecular weight excluding hydrogens is 158 g/mol. The Labute approximate surface area is 68.6 Å². The first-order valence-corrected chi connectivity index (χ1v) is 3.62. The second-order valence-corrected chi connectivity index (χ2v) is 2.78. The van der Waals surface area contributed by atoms with E-state index in [4.69, 9.17) is 0 Å². The number of carbonyl (C=O) groups is 2. The molecule has 0 spiro atoms. The van der Waals surface area contributed by atoms with Crippen molar-refractivity contribution in [1.82, 2.24) is 5.32 Å². The Morgan fingerprint density at radius 2 is 2.00 bits per heavy atom. The quantitative estimate of drug-likeness (QED) is 0.353. The molecule has 1 heterocycles. The number of β-amino-alcohol motifs (C(OH)–C–C–N with tert-alkyl or cyclic N) is 1. The average Bonchev–Trinajstić information content (AvgIpc) is 2.35. The zero-order chi connectivity index (χ0) is 8.72. The molecule has 1 aliphatic heterocycles. The van der Waals surface area contributed by atoms with Crippen LogP contribution in [0, 0.1) is 0 Å². The summed E-state index contributed by atoms with van der Waals surface area (Å²) in [6, 6.07) is 0. The molecule has 2 aliphatic rings. The molecule has 4 heteroatoms. The highest BCUT2D eigenvalue weighted by Crippen LogP contribution is 2.21. The van der Waals surface area contributed by atoms with E-state index in [-0.39, 0.29) is 0 Å². The van der Waals surface area contributed by atoms with Gasteiger partial charge < -0.3 is 10.4 Å². The Balaban J connectivity index is 2.44. The summed E-state index contributed by atoms with van der Waals surface area (Å²) in [5.74, 6) is -1.09. The molecule has 1 aliphatic carbocycles. The van der Waals surface area contributed by atoms with Gasteiger partial charge in [-0.2, -0.15) is 0 Å². The summed E-state index contributed by atoms with van der Waals surface area (Å²) < 4.78 is 0. The van der Waals surface area contributed by atoms with E-state index in [1.807, 2.05) is 0 Å². The zero-order valence-electron chi connectivity index (χ0n) is 6.20. The molecule has 2 N–H and O–H groups in total. The molecule has 4 nitrogen and oxygen atoms in total. The van der Waals surface area contributed by atoms with Crippen LogP contribution in [0.15, 0.2) is 23.4 Å². The maximum atomic E-state index is 10.9. The summed E-state index contributed by atoms with van der Waals surface area (Å²) in [5, 5.41) is 12.1. The molecule has 1 unspecified atom stereocenters. The molecule has 2 rings (SSSR count). The Morgan fingerprint density at radius 1 is 1.33 bits per heavy atom. The summed E-state index contributed by atoms with van der Waals surface area (Å²) in [5.41, 5.74) is 1.10. The molecule has 0 saturated carbocycles. The van der Waals surface area contributed by atoms with Gasteiger partial charge in [-0.25, -0.2) is 0 Å². The lowest BCUT2D eigenvalue weighted by Crippen LogP contribution is -2.17. The van der Waals surface area contributed by atoms with Gasteiger partial charge in [-0.1, -0.05) is 0 Å². The van der Waals surface area contributed by atoms with E-state index >= 15 is 0 Å². The molecule has 62 valence electrons. The van der Waals surface area contributed by atoms with Crippen molar-refractivity contribution in [2.45, 2.75) is 6.10 Å². The fourth-order valence-electron chi connectivity index (χ4n) is 1.32. The van der Waals surface area contributed by atoms with Crippen molar-refractivity contribution in [3.8, 4) is 0 Å². The van der Waals surface area contributed by atoms with Crippen LogP contribution in [0.5, 0.6) is 0 Å². The maximum Gasteiger partial charge on any atom is 0.227 e. The van der Waals surface area contributed by atoms with Crippen molar-refractivity contribution in [1.29, 1.82) is 0 Å². The number of rotatable bonds is 0. The van der Waals surface area contributed by atoms with Gasteiger partial charge in [-0.3, -0.25) is 9.59 Å². The minimum atomic E-state index is -0.659. The highest BCUT2D eigenvalue weighted by Gasteiger charge is 2.29. The number of hydrogen-bond donors (Lipinski definition) is 2. The summed E-state index contributed by atoms with van der Waals surface area (Å²) in [6.07, 6.45) is 1.77. The number of hydrogen-bond acceptors (Lipinski definition) is 4. The molecular formula is C8H7NO3. The number of ketones is 2. The number of aliphatic hydroxyl groups is 1. The molecule has 12 heavy (non-hydrogen) atoms. The molecule has 1 atom stereocenters. The highest BCUT2D eigenvalue weighted by atomic mass is 16.3. The van der Waals surface area contributed by atoms with E-state index in [1.54, 1.807) is 0 Å². The van der Waals surface area contributed by atoms with Crippen LogP contribution in [-0.2, 0) is 9.59 Å². The van der Waals surface area contributed by atoms with Gasteiger partial charge in [-0.15, -0.1) is 0 Å². The Kier molecular flexibility index (Phi) is 1.38. The van der Waals surface area contributed by atoms with Crippen molar-refractivity contribution in [2.75, 3.05) is 6.54 Å². The number of fused-ring (bicyclic) bond motifs is 1. The predicted molar refractivity (Wildman–Crippen MR) is 40.2 cm³/mol. The number of aliphatic hydroxyl groups excluding tert-OH is 1. The minimum absolute atomic E-state index is 0.373. The maximum absolute atomic E-state index is 10.9. The summed E-state index contributed by atoms with van der Waals surface area (Å²) in [4.78, 5) is 21.7. The number of allylic oxidation sites excluding steroid dienone is 2. The van der Waals surface area contributed by atoms with Gasteiger partial charge in [0.2, 0.25) is 11.6 Å². The monoisotopic (exact) mass is 165 g/mol. The molecule has 0 bridgehead atoms. The number of carbonyl (C=O) groups excluding carboxylic acids is 2. The second-order valence-electron chi connectivity index (χ2n) is 2.78. The normalized spacial score (nSPS) is 27.6. The van der Waals surface area contributed by atoms with Gasteiger partial charge in [0.1, 0.15) is 0 Å². The molecule has 0 aromatic rings. The SMILES string of the molecule is O=C1C=C2NCC(O)C2=CC1=O. The third-order valence-electron chi connectivity index (χ3n) is 1.96.